The lowest BCUT2D eigenvalue weighted by Gasteiger charge is -2.13. The van der Waals surface area contributed by atoms with Gasteiger partial charge in [0, 0.05) is 13.8 Å². The Morgan fingerprint density at radius 3 is 1.67 bits per heavy atom. The molecule has 0 aromatic carbocycles. The van der Waals surface area contributed by atoms with E-state index in [1.54, 1.807) is 0 Å². The molecule has 5 nitrogen and oxygen atoms in total. The third-order valence-electron chi connectivity index (χ3n) is 1.57. The van der Waals surface area contributed by atoms with Gasteiger partial charge >= 0.3 is 0 Å². The maximum atomic E-state index is 11.8. The molecule has 0 fully saturated rings. The largest absolute Gasteiger partial charge is 0.320 e. The van der Waals surface area contributed by atoms with Crippen LogP contribution in [0.3, 0.4) is 0 Å². The number of rotatable bonds is 6. The minimum atomic E-state index is -0.574. The molecular weight excluding hydrogens is 272 g/mol. The molecule has 0 unspecified atom stereocenters. The van der Waals surface area contributed by atoms with Crippen LogP contribution in [0.2, 0.25) is 0 Å². The highest BCUT2D eigenvalue weighted by Gasteiger charge is 2.18. The first kappa shape index (κ1) is 17.1. The Morgan fingerprint density at radius 1 is 0.889 bits per heavy atom. The average Bonchev–Trinajstić information content (AvgIpc) is 2.24. The molecule has 3 amide bonds. The summed E-state index contributed by atoms with van der Waals surface area (Å²) in [5.74, 6) is 0.187. The molecule has 0 aliphatic rings. The number of imide groups is 1. The van der Waals surface area contributed by atoms with Crippen LogP contribution in [-0.2, 0) is 14.4 Å². The molecule has 0 aromatic heterocycles. The standard InChI is InChI=1S/C11H18N2O3S2/c1-5-17-11(18-6-2)9(12-7(3)14)10(16)13-8(4)15/h5-6H2,1-4H3,(H,12,14)(H,13,15,16). The normalized spacial score (nSPS) is 9.56. The van der Waals surface area contributed by atoms with Gasteiger partial charge < -0.3 is 5.32 Å². The smallest absolute Gasteiger partial charge is 0.276 e. The van der Waals surface area contributed by atoms with Gasteiger partial charge in [0.05, 0.1) is 4.24 Å². The molecular formula is C11H18N2O3S2. The third kappa shape index (κ3) is 6.70. The molecule has 18 heavy (non-hydrogen) atoms. The molecule has 0 saturated carbocycles. The summed E-state index contributed by atoms with van der Waals surface area (Å²) in [6.07, 6.45) is 0. The number of thioether (sulfide) groups is 2. The number of hydrogen-bond acceptors (Lipinski definition) is 5. The molecule has 0 spiro atoms. The number of carbonyl (C=O) groups excluding carboxylic acids is 3. The van der Waals surface area contributed by atoms with Crippen LogP contribution >= 0.6 is 23.5 Å². The highest BCUT2D eigenvalue weighted by atomic mass is 32.2. The van der Waals surface area contributed by atoms with E-state index < -0.39 is 11.8 Å². The number of hydrogen-bond donors (Lipinski definition) is 2. The summed E-state index contributed by atoms with van der Waals surface area (Å²) in [6.45, 7) is 6.49. The third-order valence-corrected chi connectivity index (χ3v) is 3.79. The second-order valence-electron chi connectivity index (χ2n) is 3.22. The van der Waals surface area contributed by atoms with Gasteiger partial charge in [-0.15, -0.1) is 23.5 Å². The van der Waals surface area contributed by atoms with E-state index >= 15 is 0 Å². The van der Waals surface area contributed by atoms with E-state index in [4.69, 9.17) is 0 Å². The lowest BCUT2D eigenvalue weighted by atomic mass is 10.4. The predicted octanol–water partition coefficient (Wildman–Crippen LogP) is 1.46. The topological polar surface area (TPSA) is 75.3 Å². The Balaban J connectivity index is 5.23. The van der Waals surface area contributed by atoms with Crippen LogP contribution in [0.5, 0.6) is 0 Å². The van der Waals surface area contributed by atoms with E-state index in [9.17, 15) is 14.4 Å². The zero-order valence-electron chi connectivity index (χ0n) is 11.0. The van der Waals surface area contributed by atoms with Gasteiger partial charge in [-0.05, 0) is 11.5 Å². The van der Waals surface area contributed by atoms with Crippen molar-refractivity contribution in [3.63, 3.8) is 0 Å². The summed E-state index contributed by atoms with van der Waals surface area (Å²) in [5.41, 5.74) is 0.149. The molecule has 0 rings (SSSR count). The summed E-state index contributed by atoms with van der Waals surface area (Å²) < 4.78 is 0.717. The summed E-state index contributed by atoms with van der Waals surface area (Å²) in [6, 6.07) is 0. The fourth-order valence-electron chi connectivity index (χ4n) is 1.05. The Morgan fingerprint density at radius 2 is 1.33 bits per heavy atom. The van der Waals surface area contributed by atoms with Crippen LogP contribution < -0.4 is 10.6 Å². The maximum Gasteiger partial charge on any atom is 0.276 e. The van der Waals surface area contributed by atoms with Crippen molar-refractivity contribution < 1.29 is 14.4 Å². The van der Waals surface area contributed by atoms with Crippen molar-refractivity contribution in [2.45, 2.75) is 27.7 Å². The van der Waals surface area contributed by atoms with Gasteiger partial charge in [0.2, 0.25) is 11.8 Å². The van der Waals surface area contributed by atoms with Crippen LogP contribution in [0.1, 0.15) is 27.7 Å². The van der Waals surface area contributed by atoms with E-state index in [0.29, 0.717) is 4.24 Å². The minimum Gasteiger partial charge on any atom is -0.320 e. The first-order valence-corrected chi connectivity index (χ1v) is 7.48. The van der Waals surface area contributed by atoms with Gasteiger partial charge in [-0.25, -0.2) is 0 Å². The first-order valence-electron chi connectivity index (χ1n) is 5.51. The Kier molecular flexibility index (Phi) is 8.57. The number of nitrogens with one attached hydrogen (secondary N) is 2. The molecule has 0 bridgehead atoms. The highest BCUT2D eigenvalue weighted by molar-refractivity contribution is 8.22. The maximum absolute atomic E-state index is 11.8. The average molecular weight is 290 g/mol. The van der Waals surface area contributed by atoms with Crippen molar-refractivity contribution in [2.24, 2.45) is 0 Å². The van der Waals surface area contributed by atoms with Crippen molar-refractivity contribution in [3.8, 4) is 0 Å². The summed E-state index contributed by atoms with van der Waals surface area (Å²) in [7, 11) is 0. The number of amides is 3. The molecule has 2 N–H and O–H groups in total. The van der Waals surface area contributed by atoms with Gasteiger partial charge in [0.1, 0.15) is 5.70 Å². The van der Waals surface area contributed by atoms with E-state index in [0.717, 1.165) is 11.5 Å². The molecule has 0 radical (unpaired) electrons. The summed E-state index contributed by atoms with van der Waals surface area (Å²) >= 11 is 2.92. The van der Waals surface area contributed by atoms with Crippen molar-refractivity contribution in [1.29, 1.82) is 0 Å². The van der Waals surface area contributed by atoms with Crippen molar-refractivity contribution in [3.05, 3.63) is 9.93 Å². The first-order chi connectivity index (χ1) is 8.42. The summed E-state index contributed by atoms with van der Waals surface area (Å²) in [5, 5.41) is 4.66. The lowest BCUT2D eigenvalue weighted by Crippen LogP contribution is -2.36. The van der Waals surface area contributed by atoms with Crippen LogP contribution in [0.25, 0.3) is 0 Å². The van der Waals surface area contributed by atoms with Gasteiger partial charge in [-0.3, -0.25) is 19.7 Å². The monoisotopic (exact) mass is 290 g/mol. The predicted molar refractivity (Wildman–Crippen MR) is 75.9 cm³/mol. The van der Waals surface area contributed by atoms with Gasteiger partial charge in [0.25, 0.3) is 5.91 Å². The molecule has 0 aliphatic carbocycles. The summed E-state index contributed by atoms with van der Waals surface area (Å²) in [4.78, 5) is 33.9. The Labute approximate surface area is 116 Å². The SMILES string of the molecule is CCSC(SCC)=C(NC(C)=O)C(=O)NC(C)=O. The van der Waals surface area contributed by atoms with Crippen molar-refractivity contribution in [1.82, 2.24) is 10.6 Å². The van der Waals surface area contributed by atoms with Gasteiger partial charge in [0.15, 0.2) is 0 Å². The molecule has 0 saturated heterocycles. The van der Waals surface area contributed by atoms with Crippen molar-refractivity contribution >= 4 is 41.2 Å². The van der Waals surface area contributed by atoms with Crippen LogP contribution in [-0.4, -0.2) is 29.2 Å². The van der Waals surface area contributed by atoms with E-state index in [-0.39, 0.29) is 11.6 Å². The molecule has 7 heteroatoms. The quantitative estimate of drug-likeness (QED) is 0.724. The van der Waals surface area contributed by atoms with Crippen LogP contribution in [0, 0.1) is 0 Å². The van der Waals surface area contributed by atoms with E-state index in [1.807, 2.05) is 13.8 Å². The zero-order valence-corrected chi connectivity index (χ0v) is 12.6. The number of carbonyl (C=O) groups is 3. The molecule has 0 aromatic rings. The Bertz CT molecular complexity index is 359. The van der Waals surface area contributed by atoms with Crippen LogP contribution in [0.15, 0.2) is 9.93 Å². The van der Waals surface area contributed by atoms with Crippen LogP contribution in [0.4, 0.5) is 0 Å². The molecule has 0 aliphatic heterocycles. The zero-order chi connectivity index (χ0) is 14.1. The molecule has 102 valence electrons. The fourth-order valence-corrected chi connectivity index (χ4v) is 3.19. The van der Waals surface area contributed by atoms with Gasteiger partial charge in [-0.2, -0.15) is 0 Å². The fraction of sp³-hybridized carbons (Fsp3) is 0.545. The highest BCUT2D eigenvalue weighted by Crippen LogP contribution is 2.30. The Hall–Kier alpha value is -0.950. The lowest BCUT2D eigenvalue weighted by molar-refractivity contribution is -0.128. The second-order valence-corrected chi connectivity index (χ2v) is 6.03. The second kappa shape index (κ2) is 9.04. The van der Waals surface area contributed by atoms with Crippen molar-refractivity contribution in [2.75, 3.05) is 11.5 Å². The van der Waals surface area contributed by atoms with E-state index in [1.165, 1.54) is 37.4 Å². The molecule has 0 atom stereocenters. The minimum absolute atomic E-state index is 0.149. The van der Waals surface area contributed by atoms with Gasteiger partial charge in [-0.1, -0.05) is 13.8 Å². The van der Waals surface area contributed by atoms with E-state index in [2.05, 4.69) is 10.6 Å². The molecule has 0 heterocycles.